The first-order valence-corrected chi connectivity index (χ1v) is 4.35. The summed E-state index contributed by atoms with van der Waals surface area (Å²) >= 11 is 0. The maximum absolute atomic E-state index is 10.3. The van der Waals surface area contributed by atoms with Crippen molar-refractivity contribution in [3.63, 3.8) is 0 Å². The highest BCUT2D eigenvalue weighted by molar-refractivity contribution is 5.54. The Labute approximate surface area is 68.5 Å². The third kappa shape index (κ3) is 2.49. The van der Waals surface area contributed by atoms with E-state index in [1.165, 1.54) is 12.8 Å². The lowest BCUT2D eigenvalue weighted by Crippen LogP contribution is -2.14. The van der Waals surface area contributed by atoms with Crippen LogP contribution in [0.25, 0.3) is 0 Å². The van der Waals surface area contributed by atoms with Crippen LogP contribution in [-0.2, 0) is 4.79 Å². The maximum Gasteiger partial charge on any atom is 0.201 e. The summed E-state index contributed by atoms with van der Waals surface area (Å²) in [6.07, 6.45) is 9.65. The van der Waals surface area contributed by atoms with Crippen LogP contribution < -0.4 is 0 Å². The van der Waals surface area contributed by atoms with Gasteiger partial charge in [0.05, 0.1) is 0 Å². The third-order valence-electron chi connectivity index (χ3n) is 2.51. The van der Waals surface area contributed by atoms with E-state index in [4.69, 9.17) is 0 Å². The highest BCUT2D eigenvalue weighted by Crippen LogP contribution is 2.29. The van der Waals surface area contributed by atoms with Gasteiger partial charge in [0.2, 0.25) is 6.29 Å². The van der Waals surface area contributed by atoms with E-state index in [9.17, 15) is 4.79 Å². The minimum Gasteiger partial charge on any atom is -0.291 e. The van der Waals surface area contributed by atoms with Crippen LogP contribution >= 0.6 is 0 Å². The standard InChI is InChI=1S/C10H15O/c1-2-3-9-4-6-10(8-11)7-5-9/h2,9-10H,1,3-7H2. The molecule has 1 heteroatoms. The van der Waals surface area contributed by atoms with E-state index in [2.05, 4.69) is 12.9 Å². The number of carbonyl (C=O) groups excluding carboxylic acids is 1. The van der Waals surface area contributed by atoms with Gasteiger partial charge in [0.15, 0.2) is 0 Å². The number of allylic oxidation sites excluding steroid dienone is 1. The molecule has 0 amide bonds. The zero-order valence-electron chi connectivity index (χ0n) is 6.88. The highest BCUT2D eigenvalue weighted by atomic mass is 16.1. The lowest BCUT2D eigenvalue weighted by molar-refractivity contribution is 0.317. The Morgan fingerprint density at radius 3 is 2.45 bits per heavy atom. The Morgan fingerprint density at radius 2 is 2.00 bits per heavy atom. The van der Waals surface area contributed by atoms with Crippen molar-refractivity contribution in [2.75, 3.05) is 0 Å². The van der Waals surface area contributed by atoms with E-state index < -0.39 is 0 Å². The summed E-state index contributed by atoms with van der Waals surface area (Å²) in [5.41, 5.74) is 0. The SMILES string of the molecule is C=CCC1CCC([C]=O)CC1. The predicted octanol–water partition coefficient (Wildman–Crippen LogP) is 2.48. The second kappa shape index (κ2) is 4.32. The molecule has 1 saturated carbocycles. The van der Waals surface area contributed by atoms with Gasteiger partial charge in [0.25, 0.3) is 0 Å². The van der Waals surface area contributed by atoms with Gasteiger partial charge in [-0.05, 0) is 38.0 Å². The van der Waals surface area contributed by atoms with Crippen molar-refractivity contribution in [3.05, 3.63) is 12.7 Å². The quantitative estimate of drug-likeness (QED) is 0.566. The van der Waals surface area contributed by atoms with Crippen molar-refractivity contribution >= 4 is 6.29 Å². The zero-order chi connectivity index (χ0) is 8.10. The molecule has 1 radical (unpaired) electrons. The Kier molecular flexibility index (Phi) is 3.34. The van der Waals surface area contributed by atoms with E-state index >= 15 is 0 Å². The smallest absolute Gasteiger partial charge is 0.201 e. The molecular weight excluding hydrogens is 136 g/mol. The van der Waals surface area contributed by atoms with Crippen molar-refractivity contribution in [1.29, 1.82) is 0 Å². The second-order valence-corrected chi connectivity index (χ2v) is 3.36. The summed E-state index contributed by atoms with van der Waals surface area (Å²) in [6, 6.07) is 0. The Bertz CT molecular complexity index is 132. The van der Waals surface area contributed by atoms with Crippen LogP contribution in [0.2, 0.25) is 0 Å². The first-order chi connectivity index (χ1) is 5.36. The third-order valence-corrected chi connectivity index (χ3v) is 2.51. The van der Waals surface area contributed by atoms with Gasteiger partial charge in [0, 0.05) is 5.92 Å². The van der Waals surface area contributed by atoms with Gasteiger partial charge < -0.3 is 0 Å². The fourth-order valence-corrected chi connectivity index (χ4v) is 1.75. The van der Waals surface area contributed by atoms with Crippen LogP contribution in [0.1, 0.15) is 32.1 Å². The molecule has 1 aliphatic rings. The van der Waals surface area contributed by atoms with Crippen LogP contribution in [0, 0.1) is 11.8 Å². The van der Waals surface area contributed by atoms with Crippen LogP contribution in [0.5, 0.6) is 0 Å². The number of hydrogen-bond donors (Lipinski definition) is 0. The molecule has 0 atom stereocenters. The van der Waals surface area contributed by atoms with Gasteiger partial charge in [-0.15, -0.1) is 6.58 Å². The van der Waals surface area contributed by atoms with Gasteiger partial charge >= 0.3 is 0 Å². The second-order valence-electron chi connectivity index (χ2n) is 3.36. The van der Waals surface area contributed by atoms with Gasteiger partial charge in [0.1, 0.15) is 0 Å². The minimum atomic E-state index is 0.232. The zero-order valence-corrected chi connectivity index (χ0v) is 6.88. The summed E-state index contributed by atoms with van der Waals surface area (Å²) in [7, 11) is 0. The maximum atomic E-state index is 10.3. The minimum absolute atomic E-state index is 0.232. The van der Waals surface area contributed by atoms with E-state index in [0.717, 1.165) is 25.2 Å². The number of rotatable bonds is 3. The van der Waals surface area contributed by atoms with Crippen molar-refractivity contribution in [3.8, 4) is 0 Å². The molecule has 1 fully saturated rings. The Balaban J connectivity index is 2.23. The highest BCUT2D eigenvalue weighted by Gasteiger charge is 2.19. The lowest BCUT2D eigenvalue weighted by atomic mass is 9.81. The fraction of sp³-hybridized carbons (Fsp3) is 0.700. The average Bonchev–Trinajstić information content (AvgIpc) is 2.07. The summed E-state index contributed by atoms with van der Waals surface area (Å²) in [5, 5.41) is 0. The lowest BCUT2D eigenvalue weighted by Gasteiger charge is -2.23. The molecule has 0 heterocycles. The molecule has 0 aromatic rings. The molecule has 0 saturated heterocycles. The topological polar surface area (TPSA) is 17.1 Å². The summed E-state index contributed by atoms with van der Waals surface area (Å²) in [6.45, 7) is 3.72. The molecule has 0 aromatic carbocycles. The van der Waals surface area contributed by atoms with Crippen LogP contribution in [0.15, 0.2) is 12.7 Å². The van der Waals surface area contributed by atoms with Crippen molar-refractivity contribution in [2.45, 2.75) is 32.1 Å². The molecule has 11 heavy (non-hydrogen) atoms. The molecule has 1 rings (SSSR count). The Morgan fingerprint density at radius 1 is 1.36 bits per heavy atom. The molecular formula is C10H15O. The van der Waals surface area contributed by atoms with Crippen molar-refractivity contribution in [2.24, 2.45) is 11.8 Å². The molecule has 61 valence electrons. The van der Waals surface area contributed by atoms with E-state index in [0.29, 0.717) is 0 Å². The van der Waals surface area contributed by atoms with Gasteiger partial charge in [-0.1, -0.05) is 6.08 Å². The van der Waals surface area contributed by atoms with Crippen LogP contribution in [0.3, 0.4) is 0 Å². The van der Waals surface area contributed by atoms with Gasteiger partial charge in [-0.3, -0.25) is 4.79 Å². The predicted molar refractivity (Wildman–Crippen MR) is 46.0 cm³/mol. The van der Waals surface area contributed by atoms with Crippen LogP contribution in [-0.4, -0.2) is 6.29 Å². The number of hydrogen-bond acceptors (Lipinski definition) is 1. The van der Waals surface area contributed by atoms with Crippen LogP contribution in [0.4, 0.5) is 0 Å². The normalized spacial score (nSPS) is 31.3. The Hall–Kier alpha value is -0.590. The summed E-state index contributed by atoms with van der Waals surface area (Å²) in [4.78, 5) is 10.3. The molecule has 0 N–H and O–H groups in total. The molecule has 0 bridgehead atoms. The van der Waals surface area contributed by atoms with E-state index in [1.807, 2.05) is 6.08 Å². The molecule has 1 nitrogen and oxygen atoms in total. The molecule has 0 aliphatic heterocycles. The molecule has 0 spiro atoms. The molecule has 0 aromatic heterocycles. The van der Waals surface area contributed by atoms with Gasteiger partial charge in [-0.2, -0.15) is 0 Å². The van der Waals surface area contributed by atoms with E-state index in [-0.39, 0.29) is 5.92 Å². The van der Waals surface area contributed by atoms with Crippen molar-refractivity contribution < 1.29 is 4.79 Å². The molecule has 1 aliphatic carbocycles. The summed E-state index contributed by atoms with van der Waals surface area (Å²) < 4.78 is 0. The summed E-state index contributed by atoms with van der Waals surface area (Å²) in [5.74, 6) is 1.02. The van der Waals surface area contributed by atoms with E-state index in [1.54, 1.807) is 0 Å². The molecule has 0 unspecified atom stereocenters. The average molecular weight is 151 g/mol. The first-order valence-electron chi connectivity index (χ1n) is 4.35. The monoisotopic (exact) mass is 151 g/mol. The largest absolute Gasteiger partial charge is 0.291 e. The van der Waals surface area contributed by atoms with Crippen molar-refractivity contribution in [1.82, 2.24) is 0 Å². The first kappa shape index (κ1) is 8.51. The van der Waals surface area contributed by atoms with Gasteiger partial charge in [-0.25, -0.2) is 0 Å². The fourth-order valence-electron chi connectivity index (χ4n) is 1.75.